The fourth-order valence-corrected chi connectivity index (χ4v) is 2.99. The van der Waals surface area contributed by atoms with E-state index in [0.29, 0.717) is 12.5 Å². The molecule has 2 aromatic carbocycles. The molecule has 0 fully saturated rings. The summed E-state index contributed by atoms with van der Waals surface area (Å²) in [6, 6.07) is 15.1. The van der Waals surface area contributed by atoms with E-state index in [9.17, 15) is 0 Å². The Morgan fingerprint density at radius 1 is 0.920 bits per heavy atom. The van der Waals surface area contributed by atoms with Crippen LogP contribution in [0.5, 0.6) is 5.88 Å². The number of fused-ring (bicyclic) bond motifs is 1. The fraction of sp³-hybridized carbons (Fsp3) is 0.318. The van der Waals surface area contributed by atoms with Crippen LogP contribution in [0.3, 0.4) is 0 Å². The van der Waals surface area contributed by atoms with E-state index in [-0.39, 0.29) is 0 Å². The van der Waals surface area contributed by atoms with Gasteiger partial charge in [-0.05, 0) is 63.7 Å². The quantitative estimate of drug-likeness (QED) is 0.672. The summed E-state index contributed by atoms with van der Waals surface area (Å²) in [7, 11) is 4.09. The lowest BCUT2D eigenvalue weighted by Crippen LogP contribution is -2.19. The number of hydrogen-bond donors (Lipinski definition) is 0. The zero-order chi connectivity index (χ0) is 18.0. The molecule has 1 aromatic heterocycles. The molecule has 0 radical (unpaired) electrons. The molecule has 0 aliphatic heterocycles. The summed E-state index contributed by atoms with van der Waals surface area (Å²) in [5.74, 6) is 0.711. The number of nitrogens with zero attached hydrogens (tertiary/aromatic N) is 2. The molecule has 0 amide bonds. The molecule has 0 unspecified atom stereocenters. The summed E-state index contributed by atoms with van der Waals surface area (Å²) in [6.45, 7) is 7.83. The maximum atomic E-state index is 6.07. The van der Waals surface area contributed by atoms with Gasteiger partial charge < -0.3 is 9.64 Å². The van der Waals surface area contributed by atoms with Crippen LogP contribution in [0.1, 0.15) is 16.7 Å². The van der Waals surface area contributed by atoms with Crippen molar-refractivity contribution in [3.05, 3.63) is 59.2 Å². The molecule has 0 saturated carbocycles. The average molecular weight is 334 g/mol. The first-order valence-corrected chi connectivity index (χ1v) is 8.70. The molecule has 3 rings (SSSR count). The van der Waals surface area contributed by atoms with Crippen molar-refractivity contribution in [1.29, 1.82) is 0 Å². The maximum Gasteiger partial charge on any atom is 0.221 e. The van der Waals surface area contributed by atoms with E-state index < -0.39 is 0 Å². The molecule has 0 N–H and O–H groups in total. The molecule has 0 bridgehead atoms. The zero-order valence-corrected chi connectivity index (χ0v) is 15.8. The Balaban J connectivity index is 2.11. The summed E-state index contributed by atoms with van der Waals surface area (Å²) in [5, 5.41) is 1.18. The van der Waals surface area contributed by atoms with Crippen molar-refractivity contribution in [1.82, 2.24) is 9.88 Å². The number of pyridine rings is 1. The minimum atomic E-state index is 0.620. The first kappa shape index (κ1) is 17.4. The van der Waals surface area contributed by atoms with Crippen LogP contribution in [0.15, 0.2) is 42.5 Å². The molecule has 25 heavy (non-hydrogen) atoms. The van der Waals surface area contributed by atoms with Crippen molar-refractivity contribution in [3.8, 4) is 17.0 Å². The first-order chi connectivity index (χ1) is 11.9. The van der Waals surface area contributed by atoms with Crippen molar-refractivity contribution < 1.29 is 4.74 Å². The van der Waals surface area contributed by atoms with Crippen LogP contribution in [-0.2, 0) is 0 Å². The Morgan fingerprint density at radius 3 is 2.32 bits per heavy atom. The van der Waals surface area contributed by atoms with E-state index in [4.69, 9.17) is 9.72 Å². The largest absolute Gasteiger partial charge is 0.476 e. The highest BCUT2D eigenvalue weighted by Gasteiger charge is 2.12. The van der Waals surface area contributed by atoms with Crippen LogP contribution < -0.4 is 4.74 Å². The fourth-order valence-electron chi connectivity index (χ4n) is 2.99. The zero-order valence-electron chi connectivity index (χ0n) is 15.8. The number of hydrogen-bond acceptors (Lipinski definition) is 3. The smallest absolute Gasteiger partial charge is 0.221 e. The number of aryl methyl sites for hydroxylation is 3. The molecule has 3 aromatic rings. The number of rotatable bonds is 5. The highest BCUT2D eigenvalue weighted by Crippen LogP contribution is 2.33. The van der Waals surface area contributed by atoms with Crippen LogP contribution in [0.4, 0.5) is 0 Å². The second kappa shape index (κ2) is 7.24. The van der Waals surface area contributed by atoms with Gasteiger partial charge in [0.05, 0.1) is 5.52 Å². The third-order valence-corrected chi connectivity index (χ3v) is 4.39. The third kappa shape index (κ3) is 3.99. The molecule has 0 aliphatic rings. The maximum absolute atomic E-state index is 6.07. The van der Waals surface area contributed by atoms with Crippen LogP contribution >= 0.6 is 0 Å². The van der Waals surface area contributed by atoms with Crippen LogP contribution in [-0.4, -0.2) is 37.1 Å². The molecule has 130 valence electrons. The second-order valence-electron chi connectivity index (χ2n) is 7.01. The Kier molecular flexibility index (Phi) is 5.05. The van der Waals surface area contributed by atoms with Crippen LogP contribution in [0.25, 0.3) is 22.0 Å². The molecule has 0 atom stereocenters. The lowest BCUT2D eigenvalue weighted by Gasteiger charge is -2.15. The van der Waals surface area contributed by atoms with Crippen molar-refractivity contribution in [3.63, 3.8) is 0 Å². The molecular formula is C22H26N2O. The van der Waals surface area contributed by atoms with Gasteiger partial charge in [0.15, 0.2) is 0 Å². The van der Waals surface area contributed by atoms with Crippen molar-refractivity contribution in [2.24, 2.45) is 0 Å². The topological polar surface area (TPSA) is 25.4 Å². The molecule has 3 heteroatoms. The van der Waals surface area contributed by atoms with Gasteiger partial charge in [0, 0.05) is 17.5 Å². The molecular weight excluding hydrogens is 308 g/mol. The highest BCUT2D eigenvalue weighted by molar-refractivity contribution is 5.89. The molecule has 0 saturated heterocycles. The summed E-state index contributed by atoms with van der Waals surface area (Å²) in [5.41, 5.74) is 6.90. The summed E-state index contributed by atoms with van der Waals surface area (Å²) >= 11 is 0. The van der Waals surface area contributed by atoms with E-state index in [2.05, 4.69) is 68.1 Å². The van der Waals surface area contributed by atoms with Gasteiger partial charge in [-0.2, -0.15) is 0 Å². The van der Waals surface area contributed by atoms with Gasteiger partial charge in [-0.15, -0.1) is 0 Å². The molecule has 3 nitrogen and oxygen atoms in total. The lowest BCUT2D eigenvalue weighted by molar-refractivity contribution is 0.255. The van der Waals surface area contributed by atoms with E-state index in [0.717, 1.165) is 23.2 Å². The van der Waals surface area contributed by atoms with E-state index >= 15 is 0 Å². The van der Waals surface area contributed by atoms with Crippen molar-refractivity contribution >= 4 is 10.9 Å². The lowest BCUT2D eigenvalue weighted by atomic mass is 10.00. The summed E-state index contributed by atoms with van der Waals surface area (Å²) < 4.78 is 6.07. The van der Waals surface area contributed by atoms with Crippen LogP contribution in [0, 0.1) is 20.8 Å². The van der Waals surface area contributed by atoms with E-state index in [1.165, 1.54) is 22.1 Å². The molecule has 1 heterocycles. The standard InChI is InChI=1S/C22H26N2O/c1-15-6-8-18(9-7-15)20-14-19-17(3)12-16(2)13-21(19)23-22(20)25-11-10-24(4)5/h6-9,12-14H,10-11H2,1-5H3. The van der Waals surface area contributed by atoms with Gasteiger partial charge in [-0.25, -0.2) is 4.98 Å². The predicted molar refractivity (Wildman–Crippen MR) is 105 cm³/mol. The summed E-state index contributed by atoms with van der Waals surface area (Å²) in [4.78, 5) is 6.96. The van der Waals surface area contributed by atoms with Gasteiger partial charge >= 0.3 is 0 Å². The Labute approximate surface area is 150 Å². The molecule has 0 aliphatic carbocycles. The Morgan fingerprint density at radius 2 is 1.64 bits per heavy atom. The monoisotopic (exact) mass is 334 g/mol. The highest BCUT2D eigenvalue weighted by atomic mass is 16.5. The number of likely N-dealkylation sites (N-methyl/N-ethyl adjacent to an activating group) is 1. The second-order valence-corrected chi connectivity index (χ2v) is 7.01. The van der Waals surface area contributed by atoms with E-state index in [1.807, 2.05) is 14.1 Å². The van der Waals surface area contributed by atoms with Gasteiger partial charge in [-0.3, -0.25) is 0 Å². The Bertz CT molecular complexity index is 883. The SMILES string of the molecule is Cc1ccc(-c2cc3c(C)cc(C)cc3nc2OCCN(C)C)cc1. The first-order valence-electron chi connectivity index (χ1n) is 8.70. The van der Waals surface area contributed by atoms with Gasteiger partial charge in [0.1, 0.15) is 6.61 Å². The van der Waals surface area contributed by atoms with Crippen LogP contribution in [0.2, 0.25) is 0 Å². The third-order valence-electron chi connectivity index (χ3n) is 4.39. The van der Waals surface area contributed by atoms with Gasteiger partial charge in [0.25, 0.3) is 0 Å². The van der Waals surface area contributed by atoms with Gasteiger partial charge in [-0.1, -0.05) is 35.9 Å². The summed E-state index contributed by atoms with van der Waals surface area (Å²) in [6.07, 6.45) is 0. The van der Waals surface area contributed by atoms with Crippen molar-refractivity contribution in [2.45, 2.75) is 20.8 Å². The normalized spacial score (nSPS) is 11.3. The number of aromatic nitrogens is 1. The Hall–Kier alpha value is -2.39. The van der Waals surface area contributed by atoms with Crippen molar-refractivity contribution in [2.75, 3.05) is 27.2 Å². The number of benzene rings is 2. The minimum Gasteiger partial charge on any atom is -0.476 e. The average Bonchev–Trinajstić information content (AvgIpc) is 2.55. The molecule has 0 spiro atoms. The minimum absolute atomic E-state index is 0.620. The van der Waals surface area contributed by atoms with E-state index in [1.54, 1.807) is 0 Å². The number of ether oxygens (including phenoxy) is 1. The predicted octanol–water partition coefficient (Wildman–Crippen LogP) is 4.77. The van der Waals surface area contributed by atoms with Gasteiger partial charge in [0.2, 0.25) is 5.88 Å².